The lowest BCUT2D eigenvalue weighted by molar-refractivity contribution is 0.502. The van der Waals surface area contributed by atoms with Crippen LogP contribution in [0.1, 0.15) is 34.1 Å². The second-order valence-electron chi connectivity index (χ2n) is 3.65. The number of nitrogens with two attached hydrogens (primary N) is 1. The third-order valence-corrected chi connectivity index (χ3v) is 1.66. The molecule has 12 heavy (non-hydrogen) atoms. The third-order valence-electron chi connectivity index (χ3n) is 1.66. The summed E-state index contributed by atoms with van der Waals surface area (Å²) in [6, 6.07) is 0.211. The lowest BCUT2D eigenvalue weighted by Crippen LogP contribution is -2.25. The molecule has 0 spiro atoms. The van der Waals surface area contributed by atoms with Crippen LogP contribution in [-0.4, -0.2) is 6.04 Å². The number of allylic oxidation sites excluding steroid dienone is 2. The number of rotatable bonds is 2. The highest BCUT2D eigenvalue weighted by molar-refractivity contribution is 5.19. The van der Waals surface area contributed by atoms with Crippen LogP contribution in [0.15, 0.2) is 11.6 Å². The molecule has 1 atom stereocenters. The molecule has 2 N–H and O–H groups in total. The standard InChI is InChI=1S/C11H19N/c1-9(2)7-5-6-8-11(12)10(3)4/h7,10-11H,8,12H2,1-4H3. The Kier molecular flexibility index (Phi) is 5.49. The van der Waals surface area contributed by atoms with Crippen LogP contribution >= 0.6 is 0 Å². The Morgan fingerprint density at radius 2 is 2.00 bits per heavy atom. The molecule has 68 valence electrons. The van der Waals surface area contributed by atoms with Gasteiger partial charge >= 0.3 is 0 Å². The van der Waals surface area contributed by atoms with Crippen molar-refractivity contribution in [1.29, 1.82) is 0 Å². The van der Waals surface area contributed by atoms with Gasteiger partial charge in [0.05, 0.1) is 0 Å². The lowest BCUT2D eigenvalue weighted by Gasteiger charge is -2.10. The highest BCUT2D eigenvalue weighted by Crippen LogP contribution is 2.00. The maximum Gasteiger partial charge on any atom is 0.0247 e. The lowest BCUT2D eigenvalue weighted by atomic mass is 10.0. The first-order chi connectivity index (χ1) is 5.54. The van der Waals surface area contributed by atoms with Crippen LogP contribution in [0.4, 0.5) is 0 Å². The molecule has 0 aliphatic carbocycles. The topological polar surface area (TPSA) is 26.0 Å². The number of hydrogen-bond donors (Lipinski definition) is 1. The molecule has 0 rings (SSSR count). The number of hydrogen-bond acceptors (Lipinski definition) is 1. The molecule has 1 unspecified atom stereocenters. The van der Waals surface area contributed by atoms with Crippen LogP contribution in [0.2, 0.25) is 0 Å². The van der Waals surface area contributed by atoms with Crippen LogP contribution in [0.3, 0.4) is 0 Å². The van der Waals surface area contributed by atoms with Gasteiger partial charge in [0.2, 0.25) is 0 Å². The quantitative estimate of drug-likeness (QED) is 0.624. The zero-order valence-corrected chi connectivity index (χ0v) is 8.52. The predicted octanol–water partition coefficient (Wildman–Crippen LogP) is 2.33. The minimum absolute atomic E-state index is 0.211. The van der Waals surface area contributed by atoms with E-state index in [9.17, 15) is 0 Å². The van der Waals surface area contributed by atoms with Gasteiger partial charge in [-0.1, -0.05) is 31.3 Å². The van der Waals surface area contributed by atoms with E-state index in [0.717, 1.165) is 6.42 Å². The fraction of sp³-hybridized carbons (Fsp3) is 0.636. The summed E-state index contributed by atoms with van der Waals surface area (Å²) in [6.07, 6.45) is 2.72. The van der Waals surface area contributed by atoms with E-state index in [2.05, 4.69) is 25.7 Å². The molecule has 0 aromatic carbocycles. The van der Waals surface area contributed by atoms with Gasteiger partial charge in [-0.3, -0.25) is 0 Å². The highest BCUT2D eigenvalue weighted by atomic mass is 14.6. The van der Waals surface area contributed by atoms with Gasteiger partial charge < -0.3 is 5.73 Å². The molecule has 1 nitrogen and oxygen atoms in total. The molecular weight excluding hydrogens is 146 g/mol. The zero-order chi connectivity index (χ0) is 9.56. The molecule has 0 heterocycles. The van der Waals surface area contributed by atoms with Crippen molar-refractivity contribution in [2.75, 3.05) is 0 Å². The Hall–Kier alpha value is -0.740. The fourth-order valence-corrected chi connectivity index (χ4v) is 0.608. The summed E-state index contributed by atoms with van der Waals surface area (Å²) in [5, 5.41) is 0. The van der Waals surface area contributed by atoms with Crippen molar-refractivity contribution in [3.05, 3.63) is 11.6 Å². The molecular formula is C11H19N. The summed E-state index contributed by atoms with van der Waals surface area (Å²) in [6.45, 7) is 8.31. The summed E-state index contributed by atoms with van der Waals surface area (Å²) < 4.78 is 0. The maximum absolute atomic E-state index is 5.81. The third kappa shape index (κ3) is 6.00. The minimum Gasteiger partial charge on any atom is -0.327 e. The highest BCUT2D eigenvalue weighted by Gasteiger charge is 2.03. The van der Waals surface area contributed by atoms with E-state index in [1.165, 1.54) is 5.57 Å². The second kappa shape index (κ2) is 5.85. The van der Waals surface area contributed by atoms with Gasteiger partial charge in [0.25, 0.3) is 0 Å². The predicted molar refractivity (Wildman–Crippen MR) is 54.6 cm³/mol. The Morgan fingerprint density at radius 3 is 2.42 bits per heavy atom. The molecule has 0 aliphatic heterocycles. The fourth-order valence-electron chi connectivity index (χ4n) is 0.608. The van der Waals surface area contributed by atoms with Gasteiger partial charge in [-0.15, -0.1) is 0 Å². The first-order valence-corrected chi connectivity index (χ1v) is 4.41. The van der Waals surface area contributed by atoms with Crippen LogP contribution in [0.25, 0.3) is 0 Å². The normalized spacial score (nSPS) is 11.8. The van der Waals surface area contributed by atoms with E-state index >= 15 is 0 Å². The van der Waals surface area contributed by atoms with Gasteiger partial charge in [0, 0.05) is 12.5 Å². The maximum atomic E-state index is 5.81. The van der Waals surface area contributed by atoms with Crippen molar-refractivity contribution < 1.29 is 0 Å². The minimum atomic E-state index is 0.211. The van der Waals surface area contributed by atoms with Crippen molar-refractivity contribution >= 4 is 0 Å². The summed E-state index contributed by atoms with van der Waals surface area (Å²) in [4.78, 5) is 0. The van der Waals surface area contributed by atoms with Gasteiger partial charge in [-0.05, 0) is 25.8 Å². The van der Waals surface area contributed by atoms with E-state index < -0.39 is 0 Å². The van der Waals surface area contributed by atoms with Crippen molar-refractivity contribution in [1.82, 2.24) is 0 Å². The van der Waals surface area contributed by atoms with Gasteiger partial charge in [0.15, 0.2) is 0 Å². The van der Waals surface area contributed by atoms with E-state index in [-0.39, 0.29) is 6.04 Å². The van der Waals surface area contributed by atoms with E-state index in [1.807, 2.05) is 19.9 Å². The monoisotopic (exact) mass is 165 g/mol. The Morgan fingerprint density at radius 1 is 1.42 bits per heavy atom. The van der Waals surface area contributed by atoms with Crippen LogP contribution in [0, 0.1) is 17.8 Å². The van der Waals surface area contributed by atoms with Crippen LogP contribution in [-0.2, 0) is 0 Å². The summed E-state index contributed by atoms with van der Waals surface area (Å²) in [5.74, 6) is 6.54. The molecule has 0 aliphatic rings. The Labute approximate surface area is 76.0 Å². The molecule has 0 amide bonds. The molecule has 0 saturated carbocycles. The van der Waals surface area contributed by atoms with Gasteiger partial charge in [-0.25, -0.2) is 0 Å². The van der Waals surface area contributed by atoms with E-state index in [0.29, 0.717) is 5.92 Å². The smallest absolute Gasteiger partial charge is 0.0247 e. The van der Waals surface area contributed by atoms with E-state index in [1.54, 1.807) is 0 Å². The van der Waals surface area contributed by atoms with Crippen molar-refractivity contribution in [2.24, 2.45) is 11.7 Å². The molecule has 0 aromatic heterocycles. The first kappa shape index (κ1) is 11.3. The average molecular weight is 165 g/mol. The average Bonchev–Trinajstić information content (AvgIpc) is 1.97. The molecule has 0 bridgehead atoms. The van der Waals surface area contributed by atoms with Gasteiger partial charge in [0.1, 0.15) is 0 Å². The molecule has 0 aromatic rings. The SMILES string of the molecule is CC(C)=CC#CCC(N)C(C)C. The van der Waals surface area contributed by atoms with Crippen molar-refractivity contribution in [3.63, 3.8) is 0 Å². The summed E-state index contributed by atoms with van der Waals surface area (Å²) in [5.41, 5.74) is 7.05. The van der Waals surface area contributed by atoms with Crippen molar-refractivity contribution in [2.45, 2.75) is 40.2 Å². The summed E-state index contributed by atoms with van der Waals surface area (Å²) >= 11 is 0. The zero-order valence-electron chi connectivity index (χ0n) is 8.52. The molecule has 0 saturated heterocycles. The second-order valence-corrected chi connectivity index (χ2v) is 3.65. The molecule has 0 radical (unpaired) electrons. The van der Waals surface area contributed by atoms with Gasteiger partial charge in [-0.2, -0.15) is 0 Å². The Bertz CT molecular complexity index is 199. The summed E-state index contributed by atoms with van der Waals surface area (Å²) in [7, 11) is 0. The Balaban J connectivity index is 3.79. The van der Waals surface area contributed by atoms with Crippen LogP contribution in [0.5, 0.6) is 0 Å². The van der Waals surface area contributed by atoms with Crippen LogP contribution < -0.4 is 5.73 Å². The van der Waals surface area contributed by atoms with Crippen molar-refractivity contribution in [3.8, 4) is 11.8 Å². The largest absolute Gasteiger partial charge is 0.327 e. The first-order valence-electron chi connectivity index (χ1n) is 4.41. The molecule has 0 fully saturated rings. The van der Waals surface area contributed by atoms with E-state index in [4.69, 9.17) is 5.73 Å². The molecule has 1 heteroatoms.